The van der Waals surface area contributed by atoms with Crippen LogP contribution in [0.4, 0.5) is 4.79 Å². The molecule has 0 aromatic heterocycles. The Hall–Kier alpha value is -6.22. The third kappa shape index (κ3) is 6.83. The third-order valence-electron chi connectivity index (χ3n) is 9.48. The number of hydrogen-bond acceptors (Lipinski definition) is 5. The number of aliphatic carboxylic acids is 1. The number of amides is 3. The molecule has 2 atom stereocenters. The maximum atomic E-state index is 15.2. The lowest BCUT2D eigenvalue weighted by Crippen LogP contribution is -2.61. The van der Waals surface area contributed by atoms with Gasteiger partial charge in [-0.15, -0.1) is 0 Å². The fourth-order valence-corrected chi connectivity index (χ4v) is 7.14. The maximum absolute atomic E-state index is 15.2. The molecule has 4 N–H and O–H groups in total. The van der Waals surface area contributed by atoms with E-state index in [1.54, 1.807) is 0 Å². The first-order valence-electron chi connectivity index (χ1n) is 16.9. The number of carboxylic acids is 1. The Labute approximate surface area is 296 Å². The van der Waals surface area contributed by atoms with Crippen molar-refractivity contribution in [1.29, 1.82) is 0 Å². The van der Waals surface area contributed by atoms with Gasteiger partial charge in [-0.1, -0.05) is 140 Å². The molecule has 9 heteroatoms. The van der Waals surface area contributed by atoms with Gasteiger partial charge in [-0.05, 0) is 52.3 Å². The highest BCUT2D eigenvalue weighted by atomic mass is 16.6. The number of ether oxygens (including phenoxy) is 1. The number of primary amides is 1. The Balaban J connectivity index is 1.56. The summed E-state index contributed by atoms with van der Waals surface area (Å²) >= 11 is 0. The molecule has 0 aliphatic heterocycles. The minimum absolute atomic E-state index is 0.0481. The van der Waals surface area contributed by atoms with Crippen molar-refractivity contribution in [1.82, 2.24) is 10.2 Å². The number of nitrogens with zero attached hydrogens (tertiary/aromatic N) is 1. The monoisotopic (exact) mass is 681 g/mol. The van der Waals surface area contributed by atoms with Crippen molar-refractivity contribution in [2.24, 2.45) is 5.73 Å². The SMILES string of the molecule is C[C@H](NC(=O)[C@H](CCC(N)=O)N(C(=O)OCC1c2ccccc2-c2ccccc21)C(c1ccccc1)(c1ccccc1)c1ccccc1)C(=O)O. The highest BCUT2D eigenvalue weighted by molar-refractivity contribution is 5.91. The van der Waals surface area contributed by atoms with Crippen molar-refractivity contribution in [3.63, 3.8) is 0 Å². The van der Waals surface area contributed by atoms with Crippen LogP contribution in [0.5, 0.6) is 0 Å². The van der Waals surface area contributed by atoms with E-state index in [9.17, 15) is 19.5 Å². The van der Waals surface area contributed by atoms with Gasteiger partial charge in [0.2, 0.25) is 11.8 Å². The highest BCUT2D eigenvalue weighted by Gasteiger charge is 2.51. The van der Waals surface area contributed by atoms with E-state index < -0.39 is 41.5 Å². The van der Waals surface area contributed by atoms with Crippen LogP contribution in [0.3, 0.4) is 0 Å². The van der Waals surface area contributed by atoms with Crippen LogP contribution in [-0.4, -0.2) is 52.6 Å². The summed E-state index contributed by atoms with van der Waals surface area (Å²) in [5, 5.41) is 12.3. The standard InChI is InChI=1S/C42H39N3O6/c1-28(40(48)49)44-39(47)37(25-26-38(43)46)45(41(50)51-27-36-34-23-13-11-21-32(34)33-22-12-14-24-35(33)36)42(29-15-5-2-6-16-29,30-17-7-3-8-18-30)31-19-9-4-10-20-31/h2-24,28,36-37H,25-27H2,1H3,(H2,43,46)(H,44,47)(H,48,49)/t28-,37-/m0/s1. The summed E-state index contributed by atoms with van der Waals surface area (Å²) < 4.78 is 6.34. The summed E-state index contributed by atoms with van der Waals surface area (Å²) in [6.07, 6.45) is -1.30. The summed E-state index contributed by atoms with van der Waals surface area (Å²) in [7, 11) is 0. The second-order valence-corrected chi connectivity index (χ2v) is 12.6. The molecule has 51 heavy (non-hydrogen) atoms. The fourth-order valence-electron chi connectivity index (χ4n) is 7.14. The Morgan fingerprint density at radius 1 is 0.725 bits per heavy atom. The van der Waals surface area contributed by atoms with Crippen LogP contribution < -0.4 is 11.1 Å². The molecule has 9 nitrogen and oxygen atoms in total. The third-order valence-corrected chi connectivity index (χ3v) is 9.48. The van der Waals surface area contributed by atoms with Crippen LogP contribution in [0.2, 0.25) is 0 Å². The smallest absolute Gasteiger partial charge is 0.411 e. The number of carbonyl (C=O) groups excluding carboxylic acids is 3. The van der Waals surface area contributed by atoms with Gasteiger partial charge in [-0.2, -0.15) is 0 Å². The Bertz CT molecular complexity index is 1880. The minimum atomic E-state index is -1.50. The van der Waals surface area contributed by atoms with Gasteiger partial charge >= 0.3 is 12.1 Å². The number of nitrogens with two attached hydrogens (primary N) is 1. The van der Waals surface area contributed by atoms with Crippen molar-refractivity contribution in [2.75, 3.05) is 6.61 Å². The molecular formula is C42H39N3O6. The first-order valence-corrected chi connectivity index (χ1v) is 16.9. The number of fused-ring (bicyclic) bond motifs is 3. The van der Waals surface area contributed by atoms with E-state index in [0.717, 1.165) is 22.3 Å². The molecule has 0 heterocycles. The second kappa shape index (κ2) is 15.1. The van der Waals surface area contributed by atoms with Gasteiger partial charge in [0.1, 0.15) is 24.2 Å². The van der Waals surface area contributed by atoms with Gasteiger partial charge < -0.3 is 20.9 Å². The average Bonchev–Trinajstić information content (AvgIpc) is 3.48. The average molecular weight is 682 g/mol. The predicted molar refractivity (Wildman–Crippen MR) is 194 cm³/mol. The minimum Gasteiger partial charge on any atom is -0.480 e. The molecule has 6 rings (SSSR count). The summed E-state index contributed by atoms with van der Waals surface area (Å²) in [4.78, 5) is 55.2. The quantitative estimate of drug-likeness (QED) is 0.122. The van der Waals surface area contributed by atoms with Crippen LogP contribution in [0.25, 0.3) is 11.1 Å². The molecule has 5 aromatic rings. The number of rotatable bonds is 13. The maximum Gasteiger partial charge on any atom is 0.411 e. The molecule has 5 aromatic carbocycles. The first-order chi connectivity index (χ1) is 24.7. The van der Waals surface area contributed by atoms with Gasteiger partial charge in [0.15, 0.2) is 0 Å². The number of nitrogens with one attached hydrogen (secondary N) is 1. The predicted octanol–water partition coefficient (Wildman–Crippen LogP) is 6.45. The van der Waals surface area contributed by atoms with E-state index in [0.29, 0.717) is 16.7 Å². The van der Waals surface area contributed by atoms with Gasteiger partial charge in [-0.3, -0.25) is 19.3 Å². The largest absolute Gasteiger partial charge is 0.480 e. The molecule has 0 spiro atoms. The zero-order chi connectivity index (χ0) is 36.0. The molecule has 0 saturated heterocycles. The van der Waals surface area contributed by atoms with Crippen molar-refractivity contribution < 1.29 is 29.0 Å². The van der Waals surface area contributed by atoms with Gasteiger partial charge in [0.25, 0.3) is 0 Å². The molecule has 0 radical (unpaired) electrons. The summed E-state index contributed by atoms with van der Waals surface area (Å²) in [6, 6.07) is 41.1. The zero-order valence-corrected chi connectivity index (χ0v) is 28.1. The molecule has 0 fully saturated rings. The Morgan fingerprint density at radius 2 is 1.16 bits per heavy atom. The van der Waals surface area contributed by atoms with E-state index in [1.165, 1.54) is 11.8 Å². The summed E-state index contributed by atoms with van der Waals surface area (Å²) in [5.41, 5.74) is 10.2. The molecule has 3 amide bonds. The lowest BCUT2D eigenvalue weighted by molar-refractivity contribution is -0.142. The molecule has 0 unspecified atom stereocenters. The summed E-state index contributed by atoms with van der Waals surface area (Å²) in [5.74, 6) is -3.00. The number of hydrogen-bond donors (Lipinski definition) is 3. The van der Waals surface area contributed by atoms with Gasteiger partial charge in [0.05, 0.1) is 0 Å². The van der Waals surface area contributed by atoms with Crippen LogP contribution in [-0.2, 0) is 24.7 Å². The van der Waals surface area contributed by atoms with Crippen molar-refractivity contribution in [2.45, 2.75) is 43.3 Å². The van der Waals surface area contributed by atoms with E-state index >= 15 is 4.79 Å². The van der Waals surface area contributed by atoms with Gasteiger partial charge in [-0.25, -0.2) is 4.79 Å². The van der Waals surface area contributed by atoms with E-state index in [1.807, 2.05) is 140 Å². The second-order valence-electron chi connectivity index (χ2n) is 12.6. The van der Waals surface area contributed by atoms with E-state index in [2.05, 4.69) is 5.32 Å². The number of carboxylic acid groups (broad SMARTS) is 1. The van der Waals surface area contributed by atoms with E-state index in [-0.39, 0.29) is 25.4 Å². The molecule has 1 aliphatic rings. The van der Waals surface area contributed by atoms with Gasteiger partial charge in [0, 0.05) is 12.3 Å². The lowest BCUT2D eigenvalue weighted by atomic mass is 9.74. The number of carbonyl (C=O) groups is 4. The Morgan fingerprint density at radius 3 is 1.59 bits per heavy atom. The van der Waals surface area contributed by atoms with Crippen LogP contribution >= 0.6 is 0 Å². The molecule has 0 bridgehead atoms. The molecule has 1 aliphatic carbocycles. The van der Waals surface area contributed by atoms with Crippen molar-refractivity contribution in [3.05, 3.63) is 167 Å². The molecule has 0 saturated carbocycles. The topological polar surface area (TPSA) is 139 Å². The first kappa shape index (κ1) is 34.6. The van der Waals surface area contributed by atoms with Crippen LogP contribution in [0.15, 0.2) is 140 Å². The molecular weight excluding hydrogens is 642 g/mol. The summed E-state index contributed by atoms with van der Waals surface area (Å²) in [6.45, 7) is 1.29. The van der Waals surface area contributed by atoms with E-state index in [4.69, 9.17) is 10.5 Å². The lowest BCUT2D eigenvalue weighted by Gasteiger charge is -2.48. The molecule has 258 valence electrons. The highest BCUT2D eigenvalue weighted by Crippen LogP contribution is 2.47. The van der Waals surface area contributed by atoms with Crippen LogP contribution in [0.1, 0.15) is 53.5 Å². The van der Waals surface area contributed by atoms with Crippen LogP contribution in [0, 0.1) is 0 Å². The fraction of sp³-hybridized carbons (Fsp3) is 0.190. The van der Waals surface area contributed by atoms with Crippen molar-refractivity contribution >= 4 is 23.9 Å². The Kier molecular flexibility index (Phi) is 10.3. The normalized spacial score (nSPS) is 13.3. The van der Waals surface area contributed by atoms with Crippen molar-refractivity contribution in [3.8, 4) is 11.1 Å². The zero-order valence-electron chi connectivity index (χ0n) is 28.1. The number of benzene rings is 5.